The van der Waals surface area contributed by atoms with E-state index in [2.05, 4.69) is 54.5 Å². The molecule has 0 heterocycles. The number of hydrogen-bond acceptors (Lipinski definition) is 3. The Bertz CT molecular complexity index is 943. The zero-order chi connectivity index (χ0) is 35.8. The molecule has 4 rings (SSSR count). The minimum Gasteiger partial charge on any atom is -0.379 e. The molecular weight excluding hydrogens is 613 g/mol. The van der Waals surface area contributed by atoms with Crippen LogP contribution in [-0.2, 0) is 14.2 Å². The molecule has 0 spiro atoms. The van der Waals surface area contributed by atoms with E-state index in [0.717, 1.165) is 68.4 Å². The molecule has 0 aromatic heterocycles. The molecule has 3 nitrogen and oxygen atoms in total. The van der Waals surface area contributed by atoms with Crippen LogP contribution in [0.4, 0.5) is 0 Å². The van der Waals surface area contributed by atoms with Crippen LogP contribution in [0.5, 0.6) is 0 Å². The van der Waals surface area contributed by atoms with Crippen molar-refractivity contribution in [2.24, 2.45) is 46.3 Å². The van der Waals surface area contributed by atoms with Gasteiger partial charge in [0.15, 0.2) is 0 Å². The third-order valence-corrected chi connectivity index (χ3v) is 14.9. The molecule has 3 saturated carbocycles. The van der Waals surface area contributed by atoms with Crippen LogP contribution in [-0.4, -0.2) is 38.6 Å². The van der Waals surface area contributed by atoms with E-state index in [1.165, 1.54) is 148 Å². The Kier molecular flexibility index (Phi) is 18.7. The maximum Gasteiger partial charge on any atom is 0.0805 e. The first-order valence-electron chi connectivity index (χ1n) is 22.7. The fraction of sp³-hybridized carbons (Fsp3) is 0.957. The molecular formula is C47H86O3. The smallest absolute Gasteiger partial charge is 0.0805 e. The number of rotatable bonds is 26. The van der Waals surface area contributed by atoms with Crippen molar-refractivity contribution in [3.63, 3.8) is 0 Å². The van der Waals surface area contributed by atoms with Gasteiger partial charge in [0.2, 0.25) is 0 Å². The summed E-state index contributed by atoms with van der Waals surface area (Å²) >= 11 is 0. The van der Waals surface area contributed by atoms with Gasteiger partial charge in [-0.15, -0.1) is 0 Å². The first-order valence-corrected chi connectivity index (χ1v) is 22.7. The van der Waals surface area contributed by atoms with Gasteiger partial charge in [-0.25, -0.2) is 0 Å². The van der Waals surface area contributed by atoms with Gasteiger partial charge in [-0.2, -0.15) is 0 Å². The van der Waals surface area contributed by atoms with E-state index < -0.39 is 0 Å². The zero-order valence-electron chi connectivity index (χ0n) is 34.7. The third kappa shape index (κ3) is 12.1. The molecule has 0 bridgehead atoms. The summed E-state index contributed by atoms with van der Waals surface area (Å²) in [4.78, 5) is 0. The van der Waals surface area contributed by atoms with Gasteiger partial charge in [0.1, 0.15) is 0 Å². The Morgan fingerprint density at radius 2 is 1.42 bits per heavy atom. The summed E-state index contributed by atoms with van der Waals surface area (Å²) in [5.41, 5.74) is 2.81. The van der Waals surface area contributed by atoms with Crippen LogP contribution in [0.1, 0.15) is 203 Å². The maximum atomic E-state index is 6.57. The highest BCUT2D eigenvalue weighted by Gasteiger charge is 2.59. The molecule has 50 heavy (non-hydrogen) atoms. The lowest BCUT2D eigenvalue weighted by molar-refractivity contribution is -0.0641. The summed E-state index contributed by atoms with van der Waals surface area (Å²) in [5.74, 6) is 5.52. The van der Waals surface area contributed by atoms with Gasteiger partial charge in [-0.1, -0.05) is 137 Å². The van der Waals surface area contributed by atoms with Crippen LogP contribution in [0, 0.1) is 46.3 Å². The van der Waals surface area contributed by atoms with Crippen molar-refractivity contribution in [1.82, 2.24) is 0 Å². The monoisotopic (exact) mass is 699 g/mol. The van der Waals surface area contributed by atoms with Gasteiger partial charge < -0.3 is 14.2 Å². The highest BCUT2D eigenvalue weighted by molar-refractivity contribution is 5.25. The lowest BCUT2D eigenvalue weighted by atomic mass is 9.47. The van der Waals surface area contributed by atoms with Crippen LogP contribution in [0.2, 0.25) is 0 Å². The van der Waals surface area contributed by atoms with E-state index in [-0.39, 0.29) is 6.10 Å². The molecule has 0 amide bonds. The topological polar surface area (TPSA) is 27.7 Å². The SMILES string of the molecule is CCCCCCCCOC[C@@H](CC)OCCCCCCCCO[C@H]1CC[C@@]2(C)C(=CC[C@H]3[C@@H]4CC[C@H]([C@H](C)CCCC(C)C)[C@@]4(C)CC[C@@H]32)C1. The Morgan fingerprint density at radius 3 is 2.14 bits per heavy atom. The molecule has 0 radical (unpaired) electrons. The number of fused-ring (bicyclic) bond motifs is 5. The second-order valence-corrected chi connectivity index (χ2v) is 18.9. The van der Waals surface area contributed by atoms with Gasteiger partial charge >= 0.3 is 0 Å². The normalized spacial score (nSPS) is 32.0. The Hall–Kier alpha value is -0.380. The molecule has 4 aliphatic rings. The van der Waals surface area contributed by atoms with Crippen molar-refractivity contribution >= 4 is 0 Å². The number of ether oxygens (including phenoxy) is 3. The molecule has 0 saturated heterocycles. The minimum absolute atomic E-state index is 0.271. The molecule has 0 aromatic carbocycles. The molecule has 9 atom stereocenters. The number of unbranched alkanes of at least 4 members (excludes halogenated alkanes) is 10. The molecule has 0 unspecified atom stereocenters. The molecule has 0 aliphatic heterocycles. The van der Waals surface area contributed by atoms with Crippen molar-refractivity contribution < 1.29 is 14.2 Å². The van der Waals surface area contributed by atoms with Gasteiger partial charge in [0.25, 0.3) is 0 Å². The Morgan fingerprint density at radius 1 is 0.720 bits per heavy atom. The van der Waals surface area contributed by atoms with E-state index in [1.54, 1.807) is 5.57 Å². The number of hydrogen-bond donors (Lipinski definition) is 0. The van der Waals surface area contributed by atoms with E-state index >= 15 is 0 Å². The standard InChI is InChI=1S/C47H86O3/c1-8-10-11-12-15-18-32-48-36-40(9-2)49-33-19-16-13-14-17-20-34-50-41-28-30-46(6)39(35-41)24-25-42-44-27-26-43(38(5)23-21-22-37(3)4)47(44,7)31-29-45(42)46/h24,37-38,40-45H,8-23,25-36H2,1-7H3/t38-,40-,41+,42+,43-,44+,45+,46+,47-/m1/s1. The highest BCUT2D eigenvalue weighted by atomic mass is 16.5. The van der Waals surface area contributed by atoms with Crippen LogP contribution < -0.4 is 0 Å². The first-order chi connectivity index (χ1) is 24.2. The van der Waals surface area contributed by atoms with E-state index in [0.29, 0.717) is 16.9 Å². The first kappa shape index (κ1) is 42.4. The van der Waals surface area contributed by atoms with E-state index in [1.807, 2.05) is 0 Å². The largest absolute Gasteiger partial charge is 0.379 e. The van der Waals surface area contributed by atoms with Crippen LogP contribution in [0.3, 0.4) is 0 Å². The van der Waals surface area contributed by atoms with Crippen molar-refractivity contribution in [2.75, 3.05) is 26.4 Å². The van der Waals surface area contributed by atoms with Gasteiger partial charge in [-0.05, 0) is 123 Å². The fourth-order valence-corrected chi connectivity index (χ4v) is 11.7. The Balaban J connectivity index is 1.05. The molecule has 292 valence electrons. The second-order valence-electron chi connectivity index (χ2n) is 18.9. The van der Waals surface area contributed by atoms with Crippen LogP contribution >= 0.6 is 0 Å². The fourth-order valence-electron chi connectivity index (χ4n) is 11.7. The summed E-state index contributed by atoms with van der Waals surface area (Å²) in [7, 11) is 0. The lowest BCUT2D eigenvalue weighted by Gasteiger charge is -2.58. The quantitative estimate of drug-likeness (QED) is 0.0665. The van der Waals surface area contributed by atoms with E-state index in [9.17, 15) is 0 Å². The lowest BCUT2D eigenvalue weighted by Crippen LogP contribution is -2.51. The maximum absolute atomic E-state index is 6.57. The van der Waals surface area contributed by atoms with Crippen molar-refractivity contribution in [3.8, 4) is 0 Å². The summed E-state index contributed by atoms with van der Waals surface area (Å²) < 4.78 is 18.6. The zero-order valence-corrected chi connectivity index (χ0v) is 34.7. The summed E-state index contributed by atoms with van der Waals surface area (Å²) in [6.07, 6.45) is 35.6. The van der Waals surface area contributed by atoms with Crippen LogP contribution in [0.25, 0.3) is 0 Å². The highest BCUT2D eigenvalue weighted by Crippen LogP contribution is 2.67. The molecule has 0 aromatic rings. The molecule has 4 aliphatic carbocycles. The van der Waals surface area contributed by atoms with Gasteiger partial charge in [0, 0.05) is 19.8 Å². The molecule has 0 N–H and O–H groups in total. The average molecular weight is 699 g/mol. The number of allylic oxidation sites excluding steroid dienone is 1. The van der Waals surface area contributed by atoms with Crippen molar-refractivity contribution in [2.45, 2.75) is 215 Å². The average Bonchev–Trinajstić information content (AvgIpc) is 3.46. The minimum atomic E-state index is 0.271. The Labute approximate surface area is 312 Å². The molecule has 3 heteroatoms. The predicted molar refractivity (Wildman–Crippen MR) is 215 cm³/mol. The third-order valence-electron chi connectivity index (χ3n) is 14.9. The van der Waals surface area contributed by atoms with Crippen molar-refractivity contribution in [3.05, 3.63) is 11.6 Å². The second kappa shape index (κ2) is 22.1. The van der Waals surface area contributed by atoms with Crippen molar-refractivity contribution in [1.29, 1.82) is 0 Å². The van der Waals surface area contributed by atoms with Gasteiger partial charge in [-0.3, -0.25) is 0 Å². The summed E-state index contributed by atoms with van der Waals surface area (Å²) in [5, 5.41) is 0. The van der Waals surface area contributed by atoms with Crippen LogP contribution in [0.15, 0.2) is 11.6 Å². The van der Waals surface area contributed by atoms with Gasteiger partial charge in [0.05, 0.1) is 18.8 Å². The molecule has 3 fully saturated rings. The predicted octanol–water partition coefficient (Wildman–Crippen LogP) is 13.9. The summed E-state index contributed by atoms with van der Waals surface area (Å²) in [6.45, 7) is 20.8. The van der Waals surface area contributed by atoms with E-state index in [4.69, 9.17) is 14.2 Å². The summed E-state index contributed by atoms with van der Waals surface area (Å²) in [6, 6.07) is 0.